The Morgan fingerprint density at radius 2 is 1.75 bits per heavy atom. The van der Waals surface area contributed by atoms with E-state index < -0.39 is 32.5 Å². The van der Waals surface area contributed by atoms with E-state index in [1.165, 1.54) is 29.0 Å². The van der Waals surface area contributed by atoms with E-state index in [4.69, 9.17) is 9.73 Å². The fourth-order valence-corrected chi connectivity index (χ4v) is 8.52. The van der Waals surface area contributed by atoms with Crippen molar-refractivity contribution < 1.29 is 22.9 Å². The van der Waals surface area contributed by atoms with E-state index in [9.17, 15) is 28.1 Å². The van der Waals surface area contributed by atoms with Crippen LogP contribution in [-0.4, -0.2) is 34.4 Å². The predicted octanol–water partition coefficient (Wildman–Crippen LogP) is 5.37. The van der Waals surface area contributed by atoms with E-state index in [0.29, 0.717) is 56.1 Å². The van der Waals surface area contributed by atoms with Gasteiger partial charge in [0.05, 0.1) is 43.8 Å². The van der Waals surface area contributed by atoms with Crippen LogP contribution in [0.2, 0.25) is 0 Å². The van der Waals surface area contributed by atoms with Gasteiger partial charge in [0, 0.05) is 35.0 Å². The van der Waals surface area contributed by atoms with Crippen molar-refractivity contribution >= 4 is 55.6 Å². The number of ether oxygens (including phenoxy) is 1. The molecule has 1 N–H and O–H groups in total. The second-order valence-corrected chi connectivity index (χ2v) is 14.4. The van der Waals surface area contributed by atoms with Crippen LogP contribution in [0.5, 0.6) is 5.75 Å². The number of benzene rings is 4. The minimum absolute atomic E-state index is 0.254. The molecule has 14 heteroatoms. The molecule has 0 spiro atoms. The molecule has 0 saturated heterocycles. The largest absolute Gasteiger partial charge is 0.494 e. The molecule has 256 valence electrons. The molecule has 7 rings (SSSR count). The quantitative estimate of drug-likeness (QED) is 0.156. The zero-order valence-electron chi connectivity index (χ0n) is 27.2. The van der Waals surface area contributed by atoms with Gasteiger partial charge in [-0.25, -0.2) is 17.4 Å². The first kappa shape index (κ1) is 33.4. The number of nitrogens with one attached hydrogen (secondary N) is 1. The SMILES string of the molecule is CCOc1ccc([C@@H]2C(C(=O)Nc3ccccc3)=C(C)N=c3s/c(=C\c4cn(S(=O)(=O)c5cccc([N+](=O)[O-])c5)c5ccccc45)c(=O)n32)cc1. The molecule has 51 heavy (non-hydrogen) atoms. The first-order chi connectivity index (χ1) is 24.6. The van der Waals surface area contributed by atoms with Crippen molar-refractivity contribution in [1.82, 2.24) is 8.54 Å². The lowest BCUT2D eigenvalue weighted by atomic mass is 9.95. The van der Waals surface area contributed by atoms with Crippen LogP contribution in [-0.2, 0) is 14.8 Å². The number of carbonyl (C=O) groups excluding carboxylic acids is 1. The number of hydrogen-bond acceptors (Lipinski definition) is 9. The second-order valence-electron chi connectivity index (χ2n) is 11.6. The standard InChI is InChI=1S/C37H29N5O7S2/c1-3-49-28-18-16-24(17-19-28)34-33(35(43)39-26-10-5-4-6-11-26)23(2)38-37-41(34)36(44)32(50-37)20-25-22-40(31-15-8-7-14-30(25)31)51(47,48)29-13-9-12-27(21-29)42(45)46/h4-22,34H,3H2,1-2H3,(H,39,43)/b32-20-/t34-/m1/s1. The Bertz CT molecular complexity index is 2680. The molecule has 6 aromatic rings. The molecule has 2 aromatic heterocycles. The van der Waals surface area contributed by atoms with E-state index in [1.807, 2.05) is 37.3 Å². The maximum atomic E-state index is 14.4. The lowest BCUT2D eigenvalue weighted by Crippen LogP contribution is -2.40. The first-order valence-corrected chi connectivity index (χ1v) is 18.0. The van der Waals surface area contributed by atoms with Gasteiger partial charge in [0.15, 0.2) is 4.80 Å². The fourth-order valence-electron chi connectivity index (χ4n) is 6.06. The normalized spacial score (nSPS) is 14.6. The van der Waals surface area contributed by atoms with Crippen molar-refractivity contribution in [3.8, 4) is 5.75 Å². The van der Waals surface area contributed by atoms with Crippen LogP contribution in [0.25, 0.3) is 17.0 Å². The summed E-state index contributed by atoms with van der Waals surface area (Å²) in [6.07, 6.45) is 2.99. The molecule has 3 heterocycles. The number of nitrogens with zero attached hydrogens (tertiary/aromatic N) is 4. The van der Waals surface area contributed by atoms with Crippen molar-refractivity contribution in [1.29, 1.82) is 0 Å². The number of non-ortho nitro benzene ring substituents is 1. The minimum Gasteiger partial charge on any atom is -0.494 e. The number of nitro groups is 1. The van der Waals surface area contributed by atoms with Gasteiger partial charge in [-0.3, -0.25) is 24.3 Å². The Kier molecular flexibility index (Phi) is 8.71. The molecule has 0 aliphatic carbocycles. The third kappa shape index (κ3) is 6.15. The Balaban J connectivity index is 1.38. The lowest BCUT2D eigenvalue weighted by Gasteiger charge is -2.25. The molecule has 0 fully saturated rings. The van der Waals surface area contributed by atoms with E-state index in [0.717, 1.165) is 21.4 Å². The molecule has 1 amide bonds. The maximum Gasteiger partial charge on any atom is 0.271 e. The van der Waals surface area contributed by atoms with Crippen LogP contribution >= 0.6 is 11.3 Å². The minimum atomic E-state index is -4.28. The van der Waals surface area contributed by atoms with Crippen LogP contribution in [0.3, 0.4) is 0 Å². The number of allylic oxidation sites excluding steroid dienone is 1. The van der Waals surface area contributed by atoms with Crippen LogP contribution in [0.15, 0.2) is 135 Å². The number of carbonyl (C=O) groups is 1. The third-order valence-corrected chi connectivity index (χ3v) is 11.0. The number of amides is 1. The molecule has 1 atom stereocenters. The number of fused-ring (bicyclic) bond motifs is 2. The average molecular weight is 720 g/mol. The Hall–Kier alpha value is -6.12. The van der Waals surface area contributed by atoms with Crippen molar-refractivity contribution in [2.75, 3.05) is 11.9 Å². The van der Waals surface area contributed by atoms with Crippen molar-refractivity contribution in [3.05, 3.63) is 162 Å². The molecule has 12 nitrogen and oxygen atoms in total. The highest BCUT2D eigenvalue weighted by Gasteiger charge is 2.33. The smallest absolute Gasteiger partial charge is 0.271 e. The second kappa shape index (κ2) is 13.3. The summed E-state index contributed by atoms with van der Waals surface area (Å²) in [4.78, 5) is 43.8. The maximum absolute atomic E-state index is 14.4. The summed E-state index contributed by atoms with van der Waals surface area (Å²) in [5.41, 5.74) is 1.96. The van der Waals surface area contributed by atoms with Gasteiger partial charge in [0.2, 0.25) is 0 Å². The Morgan fingerprint density at radius 3 is 2.47 bits per heavy atom. The van der Waals surface area contributed by atoms with Gasteiger partial charge in [-0.1, -0.05) is 65.9 Å². The van der Waals surface area contributed by atoms with Gasteiger partial charge in [-0.15, -0.1) is 0 Å². The molecular formula is C37H29N5O7S2. The first-order valence-electron chi connectivity index (χ1n) is 15.8. The number of thiazole rings is 1. The van der Waals surface area contributed by atoms with Gasteiger partial charge in [-0.2, -0.15) is 0 Å². The van der Waals surface area contributed by atoms with E-state index in [1.54, 1.807) is 61.5 Å². The summed E-state index contributed by atoms with van der Waals surface area (Å²) in [6, 6.07) is 27.0. The third-order valence-electron chi connectivity index (χ3n) is 8.39. The lowest BCUT2D eigenvalue weighted by molar-refractivity contribution is -0.385. The topological polar surface area (TPSA) is 155 Å². The van der Waals surface area contributed by atoms with Crippen molar-refractivity contribution in [3.63, 3.8) is 0 Å². The molecule has 1 aliphatic heterocycles. The molecule has 1 aliphatic rings. The summed E-state index contributed by atoms with van der Waals surface area (Å²) in [7, 11) is -4.28. The highest BCUT2D eigenvalue weighted by Crippen LogP contribution is 2.32. The predicted molar refractivity (Wildman–Crippen MR) is 194 cm³/mol. The van der Waals surface area contributed by atoms with Gasteiger partial charge < -0.3 is 10.1 Å². The molecule has 0 unspecified atom stereocenters. The van der Waals surface area contributed by atoms with E-state index in [-0.39, 0.29) is 15.1 Å². The number of nitro benzene ring substituents is 1. The molecular weight excluding hydrogens is 691 g/mol. The van der Waals surface area contributed by atoms with Crippen LogP contribution in [0.1, 0.15) is 31.0 Å². The summed E-state index contributed by atoms with van der Waals surface area (Å²) >= 11 is 1.12. The van der Waals surface area contributed by atoms with Gasteiger partial charge in [0.25, 0.3) is 27.2 Å². The Labute approximate surface area is 295 Å². The zero-order valence-corrected chi connectivity index (χ0v) is 28.9. The monoisotopic (exact) mass is 719 g/mol. The van der Waals surface area contributed by atoms with Gasteiger partial charge >= 0.3 is 0 Å². The molecule has 4 aromatic carbocycles. The van der Waals surface area contributed by atoms with Crippen LogP contribution < -0.4 is 24.9 Å². The molecule has 0 bridgehead atoms. The number of hydrogen-bond donors (Lipinski definition) is 1. The molecule has 0 saturated carbocycles. The zero-order chi connectivity index (χ0) is 35.9. The van der Waals surface area contributed by atoms with Crippen LogP contribution in [0, 0.1) is 10.1 Å². The van der Waals surface area contributed by atoms with E-state index in [2.05, 4.69) is 5.32 Å². The Morgan fingerprint density at radius 1 is 1.02 bits per heavy atom. The van der Waals surface area contributed by atoms with Crippen molar-refractivity contribution in [2.45, 2.75) is 24.8 Å². The summed E-state index contributed by atoms with van der Waals surface area (Å²) in [5.74, 6) is 0.228. The van der Waals surface area contributed by atoms with Crippen LogP contribution in [0.4, 0.5) is 11.4 Å². The van der Waals surface area contributed by atoms with Gasteiger partial charge in [0.1, 0.15) is 5.75 Å². The van der Waals surface area contributed by atoms with Crippen molar-refractivity contribution in [2.24, 2.45) is 4.99 Å². The highest BCUT2D eigenvalue weighted by molar-refractivity contribution is 7.90. The van der Waals surface area contributed by atoms with Gasteiger partial charge in [-0.05, 0) is 61.9 Å². The summed E-state index contributed by atoms with van der Waals surface area (Å²) in [6.45, 7) is 4.08. The summed E-state index contributed by atoms with van der Waals surface area (Å²) in [5, 5.41) is 14.9. The fraction of sp³-hybridized carbons (Fsp3) is 0.108. The van der Waals surface area contributed by atoms with E-state index >= 15 is 0 Å². The summed E-state index contributed by atoms with van der Waals surface area (Å²) < 4.78 is 36.1. The average Bonchev–Trinajstić information content (AvgIpc) is 3.65. The highest BCUT2D eigenvalue weighted by atomic mass is 32.2. The number of para-hydroxylation sites is 2. The number of rotatable bonds is 9. The number of anilines is 1. The molecule has 0 radical (unpaired) electrons. The number of aromatic nitrogens is 2.